The molecule has 0 saturated carbocycles. The number of aliphatic hydroxyl groups excluding tert-OH is 1. The van der Waals surface area contributed by atoms with Crippen molar-refractivity contribution in [3.05, 3.63) is 34.1 Å². The molecule has 4 heterocycles. The van der Waals surface area contributed by atoms with Gasteiger partial charge in [0, 0.05) is 47.6 Å². The summed E-state index contributed by atoms with van der Waals surface area (Å²) in [4.78, 5) is 48.4. The number of fused-ring (bicyclic) bond motifs is 1. The van der Waals surface area contributed by atoms with Crippen molar-refractivity contribution >= 4 is 86.9 Å². The molecular weight excluding hydrogens is 610 g/mol. The Bertz CT molecular complexity index is 1300. The van der Waals surface area contributed by atoms with E-state index in [1.54, 1.807) is 18.5 Å². The van der Waals surface area contributed by atoms with E-state index in [0.717, 1.165) is 28.7 Å². The average Bonchev–Trinajstić information content (AvgIpc) is 3.25. The van der Waals surface area contributed by atoms with Crippen molar-refractivity contribution in [2.24, 2.45) is 10.9 Å². The number of carboxylic acids is 1. The molecule has 0 bridgehead atoms. The molecule has 18 heteroatoms. The molecule has 210 valence electrons. The number of aliphatic carboxylic acids is 1. The lowest BCUT2D eigenvalue weighted by molar-refractivity contribution is -0.151. The van der Waals surface area contributed by atoms with E-state index in [4.69, 9.17) is 23.1 Å². The van der Waals surface area contributed by atoms with Gasteiger partial charge in [0.2, 0.25) is 5.91 Å². The molecule has 2 aromatic heterocycles. The molecule has 4 rings (SSSR count). The van der Waals surface area contributed by atoms with Gasteiger partial charge in [0.15, 0.2) is 10.8 Å². The van der Waals surface area contributed by atoms with Crippen LogP contribution in [0.15, 0.2) is 28.5 Å². The summed E-state index contributed by atoms with van der Waals surface area (Å²) >= 11 is 10.8. The fourth-order valence-corrected chi connectivity index (χ4v) is 8.79. The zero-order valence-electron chi connectivity index (χ0n) is 20.0. The number of thiazole rings is 1. The van der Waals surface area contributed by atoms with Crippen LogP contribution in [0.1, 0.15) is 11.3 Å². The average molecular weight is 634 g/mol. The highest BCUT2D eigenvalue weighted by Gasteiger charge is 2.58. The number of β-lactam (4-membered cyclic amide) rings is 1. The summed E-state index contributed by atoms with van der Waals surface area (Å²) in [6.07, 6.45) is 2.59. The van der Waals surface area contributed by atoms with E-state index in [1.807, 2.05) is 0 Å². The lowest BCUT2D eigenvalue weighted by atomic mass is 10.0. The molecule has 4 atom stereocenters. The van der Waals surface area contributed by atoms with Gasteiger partial charge in [-0.3, -0.25) is 19.4 Å². The number of anilines is 1. The maximum absolute atomic E-state index is 13.0. The predicted octanol–water partition coefficient (Wildman–Crippen LogP) is 0.520. The number of carboxylic acid groups (broad SMARTS) is 1. The number of pyridine rings is 1. The number of carbonyl (C=O) groups is 3. The van der Waals surface area contributed by atoms with Crippen molar-refractivity contribution < 1.29 is 29.8 Å². The van der Waals surface area contributed by atoms with Gasteiger partial charge in [-0.2, -0.15) is 11.8 Å². The molecule has 2 aliphatic heterocycles. The van der Waals surface area contributed by atoms with Gasteiger partial charge >= 0.3 is 5.97 Å². The number of rotatable bonds is 11. The van der Waals surface area contributed by atoms with Gasteiger partial charge in [-0.25, -0.2) is 4.98 Å². The Kier molecular flexibility index (Phi) is 9.51. The number of thioether (sulfide) groups is 3. The standard InChI is InChI=1S/C21H24ClN7O6S4/c22-15-12(27-20(24)38-15)13(28-35)16(31)26-14-17(32)29-7-21(19(33)34,8-37-18(14)29)39-11-1-2-25-4-9(11)5-36-6-10(30)3-23/h1-2,4,10,14,18,30,35H,3,5-8,23H2,(H2,24,27)(H,26,31)(H,33,34)/t10?,14-,18-,21?/m1/s1. The molecule has 0 spiro atoms. The van der Waals surface area contributed by atoms with E-state index in [9.17, 15) is 29.8 Å². The van der Waals surface area contributed by atoms with E-state index >= 15 is 0 Å². The SMILES string of the molecule is NCC(O)CSCc1cnccc1SC1(C(=O)O)CS[C@@H]2[C@H](NC(=O)C(=NO)c3nc(N)sc3Cl)C(=O)N2C1. The minimum Gasteiger partial charge on any atom is -0.480 e. The maximum Gasteiger partial charge on any atom is 0.322 e. The van der Waals surface area contributed by atoms with Gasteiger partial charge in [0.1, 0.15) is 26.2 Å². The third-order valence-electron chi connectivity index (χ3n) is 5.88. The van der Waals surface area contributed by atoms with Gasteiger partial charge in [-0.15, -0.1) is 23.5 Å². The summed E-state index contributed by atoms with van der Waals surface area (Å²) in [5.41, 5.74) is 11.3. The Morgan fingerprint density at radius 2 is 2.21 bits per heavy atom. The maximum atomic E-state index is 13.0. The monoisotopic (exact) mass is 633 g/mol. The summed E-state index contributed by atoms with van der Waals surface area (Å²) in [6.45, 7) is 0.0703. The number of halogens is 1. The highest BCUT2D eigenvalue weighted by atomic mass is 35.5. The Hall–Kier alpha value is -2.28. The lowest BCUT2D eigenvalue weighted by Crippen LogP contribution is -2.74. The van der Waals surface area contributed by atoms with E-state index < -0.39 is 45.8 Å². The minimum atomic E-state index is -1.34. The van der Waals surface area contributed by atoms with Crippen LogP contribution in [0, 0.1) is 0 Å². The molecule has 2 aliphatic rings. The number of aliphatic hydroxyl groups is 1. The first kappa shape index (κ1) is 29.7. The Morgan fingerprint density at radius 3 is 2.85 bits per heavy atom. The third-order valence-corrected chi connectivity index (χ3v) is 11.3. The molecule has 0 aromatic carbocycles. The normalized spacial score (nSPS) is 23.6. The molecular formula is C21H24ClN7O6S4. The van der Waals surface area contributed by atoms with Crippen LogP contribution in [0.4, 0.5) is 5.13 Å². The number of hydrogen-bond acceptors (Lipinski definition) is 14. The number of nitrogens with one attached hydrogen (secondary N) is 1. The van der Waals surface area contributed by atoms with E-state index in [-0.39, 0.29) is 34.0 Å². The van der Waals surface area contributed by atoms with Crippen molar-refractivity contribution in [1.29, 1.82) is 0 Å². The zero-order chi connectivity index (χ0) is 28.3. The van der Waals surface area contributed by atoms with Gasteiger partial charge in [-0.1, -0.05) is 28.1 Å². The Labute approximate surface area is 244 Å². The number of nitrogen functional groups attached to an aromatic ring is 1. The summed E-state index contributed by atoms with van der Waals surface area (Å²) in [7, 11) is 0. The minimum absolute atomic E-state index is 0.0526. The third kappa shape index (κ3) is 6.23. The fourth-order valence-electron chi connectivity index (χ4n) is 3.87. The number of aromatic nitrogens is 2. The number of nitrogens with zero attached hydrogens (tertiary/aromatic N) is 4. The van der Waals surface area contributed by atoms with Gasteiger partial charge in [-0.05, 0) is 11.6 Å². The summed E-state index contributed by atoms with van der Waals surface area (Å²) < 4.78 is -1.29. The van der Waals surface area contributed by atoms with Crippen molar-refractivity contribution in [2.75, 3.05) is 30.3 Å². The first-order chi connectivity index (χ1) is 18.6. The van der Waals surface area contributed by atoms with Crippen LogP contribution in [0.3, 0.4) is 0 Å². The Morgan fingerprint density at radius 1 is 1.44 bits per heavy atom. The molecule has 8 N–H and O–H groups in total. The van der Waals surface area contributed by atoms with Crippen LogP contribution in [-0.2, 0) is 20.1 Å². The molecule has 2 fully saturated rings. The second kappa shape index (κ2) is 12.5. The number of amides is 2. The molecule has 2 amide bonds. The van der Waals surface area contributed by atoms with E-state index in [2.05, 4.69) is 20.4 Å². The number of oxime groups is 1. The lowest BCUT2D eigenvalue weighted by Gasteiger charge is -2.53. The van der Waals surface area contributed by atoms with E-state index in [1.165, 1.54) is 28.4 Å². The topological polar surface area (TPSA) is 217 Å². The van der Waals surface area contributed by atoms with Crippen molar-refractivity contribution in [3.8, 4) is 0 Å². The molecule has 0 radical (unpaired) electrons. The van der Waals surface area contributed by atoms with Crippen LogP contribution >= 0.6 is 58.2 Å². The first-order valence-corrected chi connectivity index (χ1v) is 15.5. The second-order valence-corrected chi connectivity index (χ2v) is 13.7. The number of hydrogen-bond donors (Lipinski definition) is 6. The summed E-state index contributed by atoms with van der Waals surface area (Å²) in [5, 5.41) is 34.4. The van der Waals surface area contributed by atoms with Crippen LogP contribution in [0.2, 0.25) is 4.34 Å². The molecule has 0 aliphatic carbocycles. The predicted molar refractivity (Wildman–Crippen MR) is 151 cm³/mol. The second-order valence-electron chi connectivity index (χ2n) is 8.53. The van der Waals surface area contributed by atoms with Crippen molar-refractivity contribution in [2.45, 2.75) is 32.9 Å². The summed E-state index contributed by atoms with van der Waals surface area (Å²) in [5.74, 6) is -1.32. The number of carbonyl (C=O) groups excluding carboxylic acids is 2. The zero-order valence-corrected chi connectivity index (χ0v) is 24.0. The fraction of sp³-hybridized carbons (Fsp3) is 0.429. The quantitative estimate of drug-likeness (QED) is 0.0861. The smallest absolute Gasteiger partial charge is 0.322 e. The molecule has 13 nitrogen and oxygen atoms in total. The van der Waals surface area contributed by atoms with Gasteiger partial charge in [0.25, 0.3) is 5.91 Å². The van der Waals surface area contributed by atoms with Gasteiger partial charge < -0.3 is 37.1 Å². The number of nitrogens with two attached hydrogens (primary N) is 2. The van der Waals surface area contributed by atoms with Gasteiger partial charge in [0.05, 0.1) is 6.10 Å². The Balaban J connectivity index is 1.44. The van der Waals surface area contributed by atoms with Crippen LogP contribution in [0.5, 0.6) is 0 Å². The molecule has 39 heavy (non-hydrogen) atoms. The van der Waals surface area contributed by atoms with Crippen LogP contribution in [-0.4, -0.2) is 101 Å². The van der Waals surface area contributed by atoms with Crippen molar-refractivity contribution in [1.82, 2.24) is 20.2 Å². The summed E-state index contributed by atoms with van der Waals surface area (Å²) in [6, 6.07) is 0.779. The first-order valence-electron chi connectivity index (χ1n) is 11.3. The molecule has 2 unspecified atom stereocenters. The van der Waals surface area contributed by atoms with Crippen LogP contribution in [0.25, 0.3) is 0 Å². The largest absolute Gasteiger partial charge is 0.480 e. The van der Waals surface area contributed by atoms with E-state index in [0.29, 0.717) is 16.4 Å². The van der Waals surface area contributed by atoms with Crippen LogP contribution < -0.4 is 16.8 Å². The highest BCUT2D eigenvalue weighted by molar-refractivity contribution is 8.05. The molecule has 2 saturated heterocycles. The van der Waals surface area contributed by atoms with Crippen molar-refractivity contribution in [3.63, 3.8) is 0 Å². The molecule has 2 aromatic rings. The highest BCUT2D eigenvalue weighted by Crippen LogP contribution is 2.47.